The number of phenols is 1. The summed E-state index contributed by atoms with van der Waals surface area (Å²) in [6, 6.07) is 40.0. The van der Waals surface area contributed by atoms with Crippen molar-refractivity contribution in [3.05, 3.63) is 167 Å². The van der Waals surface area contributed by atoms with Crippen LogP contribution in [0.15, 0.2) is 140 Å². The number of carbonyl (C=O) groups is 3. The van der Waals surface area contributed by atoms with E-state index in [1.807, 2.05) is 121 Å². The number of ether oxygens (including phenoxy) is 4. The van der Waals surface area contributed by atoms with E-state index < -0.39 is 29.6 Å². The summed E-state index contributed by atoms with van der Waals surface area (Å²) in [6.07, 6.45) is 0.0195. The molecule has 0 aliphatic carbocycles. The fourth-order valence-corrected chi connectivity index (χ4v) is 5.23. The van der Waals surface area contributed by atoms with Crippen LogP contribution < -0.4 is 20.9 Å². The maximum Gasteiger partial charge on any atom is 0.331 e. The van der Waals surface area contributed by atoms with Gasteiger partial charge in [0, 0.05) is 6.42 Å². The highest BCUT2D eigenvalue weighted by atomic mass is 16.5. The molecule has 0 bridgehead atoms. The molecular weight excluding hydrogens is 674 g/mol. The maximum absolute atomic E-state index is 13.7. The number of amides is 2. The van der Waals surface area contributed by atoms with Gasteiger partial charge in [0.15, 0.2) is 17.5 Å². The highest BCUT2D eigenvalue weighted by Crippen LogP contribution is 2.29. The Kier molecular flexibility index (Phi) is 14.0. The number of aromatic hydroxyl groups is 1. The minimum atomic E-state index is -1.52. The Morgan fingerprint density at radius 2 is 1.15 bits per heavy atom. The molecule has 0 aromatic heterocycles. The Bertz CT molecular complexity index is 1900. The van der Waals surface area contributed by atoms with Gasteiger partial charge in [0.25, 0.3) is 0 Å². The first-order chi connectivity index (χ1) is 25.8. The van der Waals surface area contributed by atoms with E-state index in [1.54, 1.807) is 19.1 Å². The second kappa shape index (κ2) is 19.4. The van der Waals surface area contributed by atoms with Crippen LogP contribution in [0.5, 0.6) is 11.5 Å². The molecule has 0 unspecified atom stereocenters. The number of hydrazine groups is 1. The molecule has 11 heteroatoms. The molecule has 0 saturated carbocycles. The van der Waals surface area contributed by atoms with Gasteiger partial charge in [-0.05, 0) is 46.9 Å². The van der Waals surface area contributed by atoms with Crippen molar-refractivity contribution in [3.8, 4) is 11.5 Å². The van der Waals surface area contributed by atoms with Crippen molar-refractivity contribution in [1.29, 1.82) is 0 Å². The molecule has 0 fully saturated rings. The Hall–Kier alpha value is -6.17. The van der Waals surface area contributed by atoms with Gasteiger partial charge >= 0.3 is 18.0 Å². The second-order valence-electron chi connectivity index (χ2n) is 12.5. The number of urea groups is 1. The molecule has 0 heterocycles. The number of nitrogens with one attached hydrogen (secondary N) is 3. The van der Waals surface area contributed by atoms with E-state index >= 15 is 0 Å². The number of benzene rings is 5. The molecule has 11 nitrogen and oxygen atoms in total. The summed E-state index contributed by atoms with van der Waals surface area (Å²) in [4.78, 5) is 40.2. The number of hydrogen-bond donors (Lipinski definition) is 4. The molecule has 53 heavy (non-hydrogen) atoms. The summed E-state index contributed by atoms with van der Waals surface area (Å²) in [6.45, 7) is 1.83. The number of rotatable bonds is 18. The predicted octanol–water partition coefficient (Wildman–Crippen LogP) is 6.15. The lowest BCUT2D eigenvalue weighted by molar-refractivity contribution is -0.153. The molecular formula is C42H43N3O8. The van der Waals surface area contributed by atoms with Gasteiger partial charge in [0.1, 0.15) is 25.4 Å². The van der Waals surface area contributed by atoms with Crippen LogP contribution in [0.2, 0.25) is 0 Å². The zero-order valence-corrected chi connectivity index (χ0v) is 29.4. The van der Waals surface area contributed by atoms with Crippen molar-refractivity contribution in [2.24, 2.45) is 0 Å². The highest BCUT2D eigenvalue weighted by Gasteiger charge is 2.36. The molecule has 0 aliphatic rings. The molecule has 0 aliphatic heterocycles. The highest BCUT2D eigenvalue weighted by molar-refractivity contribution is 5.85. The molecule has 5 rings (SSSR count). The van der Waals surface area contributed by atoms with E-state index in [0.717, 1.165) is 22.3 Å². The number of phenolic OH excluding ortho intramolecular Hbond substituents is 1. The zero-order chi connectivity index (χ0) is 37.3. The van der Waals surface area contributed by atoms with Crippen molar-refractivity contribution in [2.45, 2.75) is 51.4 Å². The van der Waals surface area contributed by atoms with Crippen LogP contribution in [0.1, 0.15) is 34.7 Å². The van der Waals surface area contributed by atoms with Gasteiger partial charge in [-0.25, -0.2) is 19.8 Å². The molecule has 2 atom stereocenters. The van der Waals surface area contributed by atoms with Crippen LogP contribution in [0, 0.1) is 0 Å². The average molecular weight is 718 g/mol. The van der Waals surface area contributed by atoms with Crippen molar-refractivity contribution in [1.82, 2.24) is 16.2 Å². The summed E-state index contributed by atoms with van der Waals surface area (Å²) in [7, 11) is 0. The second-order valence-corrected chi connectivity index (χ2v) is 12.5. The standard InChI is InChI=1S/C42H43N3O8/c1-42(40(48)53-29-34-20-12-5-13-21-34,25-35-22-23-37(46)38(24-35)51-27-32-16-8-3-9-17-32)45-44-41(49)43-36(30-50-26-31-14-6-2-7-15-31)39(47)52-28-33-18-10-4-11-19-33/h2-24,36,45-46H,25-30H2,1H3,(H2,43,44,49)/t36-,42-/m0/s1. The summed E-state index contributed by atoms with van der Waals surface area (Å²) in [5.74, 6) is -1.20. The first kappa shape index (κ1) is 38.1. The third-order valence-corrected chi connectivity index (χ3v) is 8.14. The van der Waals surface area contributed by atoms with Crippen LogP contribution in [0.3, 0.4) is 0 Å². The van der Waals surface area contributed by atoms with E-state index in [2.05, 4.69) is 16.2 Å². The summed E-state index contributed by atoms with van der Waals surface area (Å²) < 4.78 is 22.9. The Morgan fingerprint density at radius 3 is 1.72 bits per heavy atom. The minimum Gasteiger partial charge on any atom is -0.504 e. The molecule has 5 aromatic rings. The van der Waals surface area contributed by atoms with Crippen LogP contribution in [0.25, 0.3) is 0 Å². The Balaban J connectivity index is 1.27. The van der Waals surface area contributed by atoms with Gasteiger partial charge in [-0.3, -0.25) is 5.43 Å². The van der Waals surface area contributed by atoms with E-state index in [-0.39, 0.29) is 51.0 Å². The van der Waals surface area contributed by atoms with Crippen molar-refractivity contribution in [2.75, 3.05) is 6.61 Å². The normalized spacial score (nSPS) is 12.5. The summed E-state index contributed by atoms with van der Waals surface area (Å²) in [5.41, 5.74) is 7.79. The van der Waals surface area contributed by atoms with Gasteiger partial charge in [-0.2, -0.15) is 0 Å². The van der Waals surface area contributed by atoms with Gasteiger partial charge in [-0.15, -0.1) is 0 Å². The van der Waals surface area contributed by atoms with E-state index in [0.29, 0.717) is 5.56 Å². The van der Waals surface area contributed by atoms with Gasteiger partial charge in [0.2, 0.25) is 0 Å². The largest absolute Gasteiger partial charge is 0.504 e. The molecule has 0 spiro atoms. The first-order valence-corrected chi connectivity index (χ1v) is 17.1. The fraction of sp³-hybridized carbons (Fsp3) is 0.214. The Morgan fingerprint density at radius 1 is 0.642 bits per heavy atom. The lowest BCUT2D eigenvalue weighted by Crippen LogP contribution is -2.62. The SMILES string of the molecule is C[C@@](Cc1ccc(O)c(OCc2ccccc2)c1)(NNC(=O)N[C@@H](COCc1ccccc1)C(=O)OCc1ccccc1)C(=O)OCc1ccccc1. The average Bonchev–Trinajstić information content (AvgIpc) is 3.19. The molecule has 4 N–H and O–H groups in total. The quantitative estimate of drug-likeness (QED) is 0.0620. The predicted molar refractivity (Wildman–Crippen MR) is 198 cm³/mol. The monoisotopic (exact) mass is 717 g/mol. The lowest BCUT2D eigenvalue weighted by atomic mass is 9.93. The fourth-order valence-electron chi connectivity index (χ4n) is 5.23. The van der Waals surface area contributed by atoms with Crippen LogP contribution in [-0.4, -0.2) is 41.3 Å². The summed E-state index contributed by atoms with van der Waals surface area (Å²) in [5, 5.41) is 13.1. The van der Waals surface area contributed by atoms with Gasteiger partial charge in [0.05, 0.1) is 13.2 Å². The molecule has 274 valence electrons. The Labute approximate surface area is 308 Å². The topological polar surface area (TPSA) is 144 Å². The molecule has 0 radical (unpaired) electrons. The first-order valence-electron chi connectivity index (χ1n) is 17.1. The van der Waals surface area contributed by atoms with Crippen molar-refractivity contribution in [3.63, 3.8) is 0 Å². The molecule has 5 aromatic carbocycles. The van der Waals surface area contributed by atoms with Crippen LogP contribution in [-0.2, 0) is 56.6 Å². The number of carbonyl (C=O) groups excluding carboxylic acids is 3. The van der Waals surface area contributed by atoms with Crippen LogP contribution in [0.4, 0.5) is 4.79 Å². The number of hydrogen-bond acceptors (Lipinski definition) is 9. The third-order valence-electron chi connectivity index (χ3n) is 8.14. The van der Waals surface area contributed by atoms with Crippen molar-refractivity contribution >= 4 is 18.0 Å². The van der Waals surface area contributed by atoms with Crippen molar-refractivity contribution < 1.29 is 38.4 Å². The van der Waals surface area contributed by atoms with Gasteiger partial charge in [-0.1, -0.05) is 127 Å². The lowest BCUT2D eigenvalue weighted by Gasteiger charge is -2.29. The maximum atomic E-state index is 13.7. The third kappa shape index (κ3) is 12.2. The van der Waals surface area contributed by atoms with E-state index in [9.17, 15) is 19.5 Å². The summed E-state index contributed by atoms with van der Waals surface area (Å²) >= 11 is 0. The minimum absolute atomic E-state index is 0.00175. The number of esters is 2. The molecule has 0 saturated heterocycles. The molecule has 2 amide bonds. The van der Waals surface area contributed by atoms with E-state index in [4.69, 9.17) is 18.9 Å². The van der Waals surface area contributed by atoms with Gasteiger partial charge < -0.3 is 29.4 Å². The smallest absolute Gasteiger partial charge is 0.331 e. The zero-order valence-electron chi connectivity index (χ0n) is 29.4. The van der Waals surface area contributed by atoms with E-state index in [1.165, 1.54) is 6.07 Å². The van der Waals surface area contributed by atoms with Crippen LogP contribution >= 0.6 is 0 Å².